The van der Waals surface area contributed by atoms with Gasteiger partial charge in [0.15, 0.2) is 6.23 Å². The molecule has 88 valence electrons. The summed E-state index contributed by atoms with van der Waals surface area (Å²) in [6.45, 7) is 0.0920. The van der Waals surface area contributed by atoms with Crippen LogP contribution < -0.4 is 11.2 Å². The third-order valence-electron chi connectivity index (χ3n) is 2.50. The van der Waals surface area contributed by atoms with Crippen molar-refractivity contribution in [2.75, 3.05) is 13.7 Å². The number of H-pyrrole nitrogens is 1. The highest BCUT2D eigenvalue weighted by Crippen LogP contribution is 2.24. The summed E-state index contributed by atoms with van der Waals surface area (Å²) in [6, 6.07) is 1.21. The number of hydrogen-bond donors (Lipinski definition) is 2. The predicted molar refractivity (Wildman–Crippen MR) is 53.1 cm³/mol. The molecule has 2 heterocycles. The van der Waals surface area contributed by atoms with Crippen LogP contribution in [-0.4, -0.2) is 40.6 Å². The lowest BCUT2D eigenvalue weighted by atomic mass is 10.2. The molecule has 2 unspecified atom stereocenters. The SMILES string of the molecule is COC1C(O)CO[C@H]1n1ccc(=O)[nH]c1=O. The highest BCUT2D eigenvalue weighted by atomic mass is 16.6. The summed E-state index contributed by atoms with van der Waals surface area (Å²) in [7, 11) is 1.42. The monoisotopic (exact) mass is 228 g/mol. The molecule has 2 N–H and O–H groups in total. The zero-order valence-corrected chi connectivity index (χ0v) is 8.62. The quantitative estimate of drug-likeness (QED) is 0.638. The summed E-state index contributed by atoms with van der Waals surface area (Å²) < 4.78 is 11.5. The fraction of sp³-hybridized carbons (Fsp3) is 0.556. The van der Waals surface area contributed by atoms with Crippen molar-refractivity contribution in [2.24, 2.45) is 0 Å². The molecule has 2 rings (SSSR count). The minimum atomic E-state index is -0.783. The third kappa shape index (κ3) is 1.80. The molecule has 1 aromatic rings. The molecule has 1 saturated heterocycles. The van der Waals surface area contributed by atoms with Crippen LogP contribution in [-0.2, 0) is 9.47 Å². The summed E-state index contributed by atoms with van der Waals surface area (Å²) in [6.07, 6.45) is -0.808. The normalized spacial score (nSPS) is 29.5. The van der Waals surface area contributed by atoms with E-state index in [4.69, 9.17) is 9.47 Å². The Morgan fingerprint density at radius 3 is 3.00 bits per heavy atom. The van der Waals surface area contributed by atoms with Gasteiger partial charge >= 0.3 is 5.69 Å². The Morgan fingerprint density at radius 1 is 1.62 bits per heavy atom. The number of rotatable bonds is 2. The first-order chi connectivity index (χ1) is 7.63. The van der Waals surface area contributed by atoms with Crippen molar-refractivity contribution < 1.29 is 14.6 Å². The van der Waals surface area contributed by atoms with Crippen molar-refractivity contribution in [1.82, 2.24) is 9.55 Å². The van der Waals surface area contributed by atoms with E-state index in [0.29, 0.717) is 0 Å². The molecular weight excluding hydrogens is 216 g/mol. The second-order valence-electron chi connectivity index (χ2n) is 3.51. The molecule has 1 aliphatic heterocycles. The Labute approximate surface area is 90.2 Å². The van der Waals surface area contributed by atoms with Gasteiger partial charge in [-0.2, -0.15) is 0 Å². The molecule has 16 heavy (non-hydrogen) atoms. The van der Waals surface area contributed by atoms with Crippen molar-refractivity contribution in [1.29, 1.82) is 0 Å². The van der Waals surface area contributed by atoms with Crippen LogP contribution in [0.5, 0.6) is 0 Å². The Bertz CT molecular complexity index is 479. The van der Waals surface area contributed by atoms with E-state index in [1.54, 1.807) is 0 Å². The second kappa shape index (κ2) is 4.20. The van der Waals surface area contributed by atoms with Crippen LogP contribution in [0.1, 0.15) is 6.23 Å². The van der Waals surface area contributed by atoms with Crippen molar-refractivity contribution in [3.8, 4) is 0 Å². The van der Waals surface area contributed by atoms with E-state index in [1.807, 2.05) is 0 Å². The van der Waals surface area contributed by atoms with Crippen LogP contribution >= 0.6 is 0 Å². The molecule has 7 nitrogen and oxygen atoms in total. The largest absolute Gasteiger partial charge is 0.388 e. The lowest BCUT2D eigenvalue weighted by Crippen LogP contribution is -2.38. The Kier molecular flexibility index (Phi) is 2.90. The van der Waals surface area contributed by atoms with Gasteiger partial charge in [-0.1, -0.05) is 0 Å². The average Bonchev–Trinajstić information content (AvgIpc) is 2.59. The highest BCUT2D eigenvalue weighted by molar-refractivity contribution is 4.89. The van der Waals surface area contributed by atoms with Crippen LogP contribution in [0.2, 0.25) is 0 Å². The molecule has 1 fully saturated rings. The van der Waals surface area contributed by atoms with Crippen LogP contribution in [0.15, 0.2) is 21.9 Å². The maximum absolute atomic E-state index is 11.5. The zero-order chi connectivity index (χ0) is 11.7. The number of hydrogen-bond acceptors (Lipinski definition) is 5. The standard InChI is InChI=1S/C9H12N2O5/c1-15-7-5(12)4-16-8(7)11-3-2-6(13)10-9(11)14/h2-3,5,7-8,12H,4H2,1H3,(H,10,13,14)/t5?,7?,8-/m1/s1. The van der Waals surface area contributed by atoms with Gasteiger partial charge in [0.1, 0.15) is 12.2 Å². The Balaban J connectivity index is 2.37. The lowest BCUT2D eigenvalue weighted by molar-refractivity contribution is -0.0453. The predicted octanol–water partition coefficient (Wildman–Crippen LogP) is -1.56. The van der Waals surface area contributed by atoms with E-state index in [-0.39, 0.29) is 6.61 Å². The van der Waals surface area contributed by atoms with E-state index in [0.717, 1.165) is 0 Å². The molecule has 0 radical (unpaired) electrons. The number of aromatic amines is 1. The van der Waals surface area contributed by atoms with E-state index < -0.39 is 29.7 Å². The van der Waals surface area contributed by atoms with Gasteiger partial charge in [0.05, 0.1) is 6.61 Å². The summed E-state index contributed by atoms with van der Waals surface area (Å²) in [5.41, 5.74) is -1.07. The van der Waals surface area contributed by atoms with Gasteiger partial charge in [0.2, 0.25) is 0 Å². The number of nitrogens with one attached hydrogen (secondary N) is 1. The topological polar surface area (TPSA) is 93.5 Å². The first-order valence-electron chi connectivity index (χ1n) is 4.77. The molecule has 3 atom stereocenters. The summed E-state index contributed by atoms with van der Waals surface area (Å²) in [5.74, 6) is 0. The van der Waals surface area contributed by atoms with Gasteiger partial charge in [0, 0.05) is 19.4 Å². The summed E-state index contributed by atoms with van der Waals surface area (Å²) >= 11 is 0. The fourth-order valence-corrected chi connectivity index (χ4v) is 1.72. The molecule has 0 bridgehead atoms. The first-order valence-corrected chi connectivity index (χ1v) is 4.77. The number of methoxy groups -OCH3 is 1. The van der Waals surface area contributed by atoms with Crippen LogP contribution in [0.25, 0.3) is 0 Å². The van der Waals surface area contributed by atoms with Crippen molar-refractivity contribution >= 4 is 0 Å². The second-order valence-corrected chi connectivity index (χ2v) is 3.51. The molecule has 1 aliphatic rings. The molecule has 0 aromatic carbocycles. The minimum absolute atomic E-state index is 0.0920. The van der Waals surface area contributed by atoms with Crippen LogP contribution in [0.3, 0.4) is 0 Å². The number of aliphatic hydroxyl groups is 1. The number of ether oxygens (including phenoxy) is 2. The molecular formula is C9H12N2O5. The van der Waals surface area contributed by atoms with Crippen molar-refractivity contribution in [3.63, 3.8) is 0 Å². The maximum Gasteiger partial charge on any atom is 0.330 e. The van der Waals surface area contributed by atoms with Gasteiger partial charge in [0.25, 0.3) is 5.56 Å². The zero-order valence-electron chi connectivity index (χ0n) is 8.62. The Morgan fingerprint density at radius 2 is 2.38 bits per heavy atom. The number of nitrogens with zero attached hydrogens (tertiary/aromatic N) is 1. The van der Waals surface area contributed by atoms with Gasteiger partial charge in [-0.05, 0) is 0 Å². The molecule has 7 heteroatoms. The fourth-order valence-electron chi connectivity index (χ4n) is 1.72. The molecule has 0 saturated carbocycles. The lowest BCUT2D eigenvalue weighted by Gasteiger charge is -2.20. The van der Waals surface area contributed by atoms with E-state index >= 15 is 0 Å². The van der Waals surface area contributed by atoms with Gasteiger partial charge < -0.3 is 14.6 Å². The minimum Gasteiger partial charge on any atom is -0.388 e. The van der Waals surface area contributed by atoms with Crippen molar-refractivity contribution in [3.05, 3.63) is 33.1 Å². The van der Waals surface area contributed by atoms with Gasteiger partial charge in [-0.25, -0.2) is 4.79 Å². The first kappa shape index (κ1) is 11.1. The average molecular weight is 228 g/mol. The van der Waals surface area contributed by atoms with E-state index in [1.165, 1.54) is 23.9 Å². The third-order valence-corrected chi connectivity index (χ3v) is 2.50. The van der Waals surface area contributed by atoms with Crippen LogP contribution in [0, 0.1) is 0 Å². The number of aromatic nitrogens is 2. The maximum atomic E-state index is 11.5. The van der Waals surface area contributed by atoms with E-state index in [9.17, 15) is 14.7 Å². The van der Waals surface area contributed by atoms with Gasteiger partial charge in [-0.3, -0.25) is 14.3 Å². The van der Waals surface area contributed by atoms with Crippen molar-refractivity contribution in [2.45, 2.75) is 18.4 Å². The molecule has 0 aliphatic carbocycles. The van der Waals surface area contributed by atoms with E-state index in [2.05, 4.69) is 4.98 Å². The van der Waals surface area contributed by atoms with Crippen LogP contribution in [0.4, 0.5) is 0 Å². The summed E-state index contributed by atoms with van der Waals surface area (Å²) in [5, 5.41) is 9.53. The molecule has 0 spiro atoms. The van der Waals surface area contributed by atoms with Gasteiger partial charge in [-0.15, -0.1) is 0 Å². The summed E-state index contributed by atoms with van der Waals surface area (Å²) in [4.78, 5) is 24.5. The Hall–Kier alpha value is -1.44. The molecule has 0 amide bonds. The number of aliphatic hydroxyl groups excluding tert-OH is 1. The molecule has 1 aromatic heterocycles. The smallest absolute Gasteiger partial charge is 0.330 e. The highest BCUT2D eigenvalue weighted by Gasteiger charge is 2.38.